The van der Waals surface area contributed by atoms with E-state index in [9.17, 15) is 0 Å². The minimum Gasteiger partial charge on any atom is -0.358 e. The normalized spacial score (nSPS) is 12.0. The summed E-state index contributed by atoms with van der Waals surface area (Å²) >= 11 is 1.61. The smallest absolute Gasteiger partial charge is 0.216 e. The van der Waals surface area contributed by atoms with E-state index in [-0.39, 0.29) is 0 Å². The molecule has 0 unspecified atom stereocenters. The second kappa shape index (κ2) is 3.63. The zero-order chi connectivity index (χ0) is 6.62. The Morgan fingerprint density at radius 2 is 2.00 bits per heavy atom. The van der Waals surface area contributed by atoms with Crippen LogP contribution in [0.1, 0.15) is 26.2 Å². The van der Waals surface area contributed by atoms with Crippen LogP contribution in [0.15, 0.2) is 0 Å². The molecule has 0 saturated carbocycles. The van der Waals surface area contributed by atoms with Gasteiger partial charge in [0, 0.05) is 6.42 Å². The van der Waals surface area contributed by atoms with Gasteiger partial charge in [-0.05, 0) is 29.0 Å². The first-order chi connectivity index (χ1) is 3.56. The highest BCUT2D eigenvalue weighted by atomic mass is 127. The van der Waals surface area contributed by atoms with Crippen molar-refractivity contribution in [3.05, 3.63) is 0 Å². The molecule has 0 aromatic carbocycles. The van der Waals surface area contributed by atoms with Gasteiger partial charge in [0.15, 0.2) is 0 Å². The highest BCUT2D eigenvalue weighted by Crippen LogP contribution is 2.17. The predicted molar refractivity (Wildman–Crippen MR) is 40.7 cm³/mol. The van der Waals surface area contributed by atoms with E-state index in [4.69, 9.17) is 10.2 Å². The van der Waals surface area contributed by atoms with Crippen LogP contribution >= 0.6 is 22.6 Å². The maximum Gasteiger partial charge on any atom is 0.216 e. The topological polar surface area (TPSA) is 40.5 Å². The number of halogens is 1. The summed E-state index contributed by atoms with van der Waals surface area (Å²) in [4.78, 5) is 0. The minimum atomic E-state index is -1.48. The third-order valence-corrected chi connectivity index (χ3v) is 1.39. The fourth-order valence-corrected chi connectivity index (χ4v) is 0.783. The van der Waals surface area contributed by atoms with Crippen molar-refractivity contribution in [2.75, 3.05) is 0 Å². The van der Waals surface area contributed by atoms with Gasteiger partial charge in [0.05, 0.1) is 0 Å². The van der Waals surface area contributed by atoms with Crippen LogP contribution in [-0.2, 0) is 0 Å². The molecule has 0 fully saturated rings. The lowest BCUT2D eigenvalue weighted by Gasteiger charge is -2.11. The van der Waals surface area contributed by atoms with Crippen molar-refractivity contribution in [1.82, 2.24) is 0 Å². The van der Waals surface area contributed by atoms with Crippen molar-refractivity contribution >= 4 is 22.6 Å². The molecule has 0 heterocycles. The highest BCUT2D eigenvalue weighted by molar-refractivity contribution is 14.1. The first kappa shape index (κ1) is 8.65. The lowest BCUT2D eigenvalue weighted by Crippen LogP contribution is -2.17. The SMILES string of the molecule is CCCCC(O)(O)I. The molecule has 0 saturated heterocycles. The zero-order valence-electron chi connectivity index (χ0n) is 4.89. The molecule has 8 heavy (non-hydrogen) atoms. The van der Waals surface area contributed by atoms with Crippen molar-refractivity contribution in [1.29, 1.82) is 0 Å². The Hall–Kier alpha value is 0.650. The summed E-state index contributed by atoms with van der Waals surface area (Å²) in [6, 6.07) is 0. The third-order valence-electron chi connectivity index (χ3n) is 0.848. The van der Waals surface area contributed by atoms with Gasteiger partial charge in [0.2, 0.25) is 3.79 Å². The second-order valence-corrected chi connectivity index (χ2v) is 3.55. The second-order valence-electron chi connectivity index (χ2n) is 1.82. The third kappa shape index (κ3) is 6.65. The molecule has 50 valence electrons. The van der Waals surface area contributed by atoms with Crippen molar-refractivity contribution < 1.29 is 10.2 Å². The number of hydrogen-bond acceptors (Lipinski definition) is 2. The molecular formula is C5H11IO2. The van der Waals surface area contributed by atoms with E-state index in [1.165, 1.54) is 0 Å². The molecule has 0 bridgehead atoms. The van der Waals surface area contributed by atoms with Gasteiger partial charge in [-0.1, -0.05) is 13.3 Å². The van der Waals surface area contributed by atoms with Crippen LogP contribution < -0.4 is 0 Å². The fraction of sp³-hybridized carbons (Fsp3) is 1.00. The van der Waals surface area contributed by atoms with Crippen LogP contribution in [0.5, 0.6) is 0 Å². The fourth-order valence-electron chi connectivity index (χ4n) is 0.402. The van der Waals surface area contributed by atoms with E-state index in [1.54, 1.807) is 22.6 Å². The van der Waals surface area contributed by atoms with Gasteiger partial charge >= 0.3 is 0 Å². The maximum atomic E-state index is 8.69. The van der Waals surface area contributed by atoms with Crippen LogP contribution in [0.25, 0.3) is 0 Å². The van der Waals surface area contributed by atoms with E-state index in [0.29, 0.717) is 6.42 Å². The molecule has 0 aliphatic heterocycles. The summed E-state index contributed by atoms with van der Waals surface area (Å²) < 4.78 is -1.48. The van der Waals surface area contributed by atoms with Crippen molar-refractivity contribution in [3.63, 3.8) is 0 Å². The molecule has 3 heteroatoms. The molecule has 0 atom stereocenters. The van der Waals surface area contributed by atoms with Crippen LogP contribution in [-0.4, -0.2) is 14.0 Å². The van der Waals surface area contributed by atoms with Gasteiger partial charge < -0.3 is 10.2 Å². The van der Waals surface area contributed by atoms with Gasteiger partial charge in [-0.25, -0.2) is 0 Å². The molecule has 2 nitrogen and oxygen atoms in total. The zero-order valence-corrected chi connectivity index (χ0v) is 7.05. The first-order valence-electron chi connectivity index (χ1n) is 2.70. The number of unbranched alkanes of at least 4 members (excludes halogenated alkanes) is 1. The van der Waals surface area contributed by atoms with Gasteiger partial charge in [0.25, 0.3) is 0 Å². The summed E-state index contributed by atoms with van der Waals surface area (Å²) in [6.45, 7) is 2.02. The average Bonchev–Trinajstić information content (AvgIpc) is 1.59. The summed E-state index contributed by atoms with van der Waals surface area (Å²) in [5, 5.41) is 17.4. The van der Waals surface area contributed by atoms with Gasteiger partial charge in [-0.3, -0.25) is 0 Å². The molecule has 0 aliphatic rings. The molecule has 0 aromatic heterocycles. The summed E-state index contributed by atoms with van der Waals surface area (Å²) in [5.41, 5.74) is 0. The van der Waals surface area contributed by atoms with E-state index in [0.717, 1.165) is 12.8 Å². The molecule has 2 N–H and O–H groups in total. The Bertz CT molecular complexity index is 57.9. The number of aliphatic hydroxyl groups is 2. The monoisotopic (exact) mass is 230 g/mol. The predicted octanol–water partition coefficient (Wildman–Crippen LogP) is 1.25. The standard InChI is InChI=1S/C5H11IO2/c1-2-3-4-5(6,7)8/h7-8H,2-4H2,1H3. The summed E-state index contributed by atoms with van der Waals surface area (Å²) in [5.74, 6) is 0. The van der Waals surface area contributed by atoms with E-state index < -0.39 is 3.79 Å². The van der Waals surface area contributed by atoms with Gasteiger partial charge in [-0.15, -0.1) is 0 Å². The number of rotatable bonds is 3. The first-order valence-corrected chi connectivity index (χ1v) is 3.78. The van der Waals surface area contributed by atoms with Crippen LogP contribution in [0, 0.1) is 0 Å². The Morgan fingerprint density at radius 1 is 1.50 bits per heavy atom. The molecular weight excluding hydrogens is 219 g/mol. The van der Waals surface area contributed by atoms with Crippen molar-refractivity contribution in [2.24, 2.45) is 0 Å². The minimum absolute atomic E-state index is 0.462. The molecule has 0 aliphatic carbocycles. The Morgan fingerprint density at radius 3 is 2.12 bits per heavy atom. The van der Waals surface area contributed by atoms with Crippen molar-refractivity contribution in [3.8, 4) is 0 Å². The van der Waals surface area contributed by atoms with Gasteiger partial charge in [-0.2, -0.15) is 0 Å². The summed E-state index contributed by atoms with van der Waals surface area (Å²) in [7, 11) is 0. The Labute approximate surface area is 63.0 Å². The number of hydrogen-bond donors (Lipinski definition) is 2. The van der Waals surface area contributed by atoms with Crippen LogP contribution in [0.2, 0.25) is 0 Å². The highest BCUT2D eigenvalue weighted by Gasteiger charge is 2.14. The summed E-state index contributed by atoms with van der Waals surface area (Å²) in [6.07, 6.45) is 2.34. The molecule has 0 amide bonds. The van der Waals surface area contributed by atoms with E-state index in [1.807, 2.05) is 6.92 Å². The lowest BCUT2D eigenvalue weighted by atomic mass is 10.2. The Kier molecular flexibility index (Phi) is 3.93. The van der Waals surface area contributed by atoms with Crippen LogP contribution in [0.3, 0.4) is 0 Å². The lowest BCUT2D eigenvalue weighted by molar-refractivity contribution is -0.0645. The maximum absolute atomic E-state index is 8.69. The quantitative estimate of drug-likeness (QED) is 0.435. The number of alkyl halides is 1. The molecule has 0 radical (unpaired) electrons. The molecule has 0 aromatic rings. The van der Waals surface area contributed by atoms with Crippen LogP contribution in [0.4, 0.5) is 0 Å². The molecule has 0 spiro atoms. The largest absolute Gasteiger partial charge is 0.358 e. The van der Waals surface area contributed by atoms with E-state index in [2.05, 4.69) is 0 Å². The molecule has 0 rings (SSSR count). The Balaban J connectivity index is 3.11. The van der Waals surface area contributed by atoms with Crippen molar-refractivity contribution in [2.45, 2.75) is 30.0 Å². The average molecular weight is 230 g/mol. The van der Waals surface area contributed by atoms with E-state index >= 15 is 0 Å². The van der Waals surface area contributed by atoms with Gasteiger partial charge in [0.1, 0.15) is 0 Å².